The minimum Gasteiger partial charge on any atom is -0.396 e. The number of benzene rings is 1. The van der Waals surface area contributed by atoms with Gasteiger partial charge in [-0.1, -0.05) is 51.1 Å². The summed E-state index contributed by atoms with van der Waals surface area (Å²) in [5.41, 5.74) is 0.960. The van der Waals surface area contributed by atoms with E-state index in [-0.39, 0.29) is 24.0 Å². The maximum absolute atomic E-state index is 12.0. The van der Waals surface area contributed by atoms with Crippen LogP contribution in [0.15, 0.2) is 30.3 Å². The zero-order valence-corrected chi connectivity index (χ0v) is 11.4. The highest BCUT2D eigenvalue weighted by Crippen LogP contribution is 2.21. The molecule has 0 aliphatic rings. The molecular weight excluding hydrogens is 226 g/mol. The molecule has 1 atom stereocenters. The van der Waals surface area contributed by atoms with Crippen LogP contribution in [0.1, 0.15) is 32.8 Å². The first-order valence-corrected chi connectivity index (χ1v) is 6.37. The van der Waals surface area contributed by atoms with Crippen molar-refractivity contribution >= 4 is 5.91 Å². The molecule has 1 aromatic rings. The monoisotopic (exact) mass is 249 g/mol. The van der Waals surface area contributed by atoms with Crippen LogP contribution >= 0.6 is 0 Å². The van der Waals surface area contributed by atoms with Crippen LogP contribution in [0.3, 0.4) is 0 Å². The smallest absolute Gasteiger partial charge is 0.224 e. The molecule has 0 heterocycles. The third-order valence-corrected chi connectivity index (χ3v) is 3.01. The Morgan fingerprint density at radius 3 is 2.39 bits per heavy atom. The van der Waals surface area contributed by atoms with Crippen LogP contribution in [-0.4, -0.2) is 23.7 Å². The van der Waals surface area contributed by atoms with Gasteiger partial charge in [-0.05, 0) is 17.4 Å². The van der Waals surface area contributed by atoms with Gasteiger partial charge in [0.05, 0.1) is 6.42 Å². The summed E-state index contributed by atoms with van der Waals surface area (Å²) in [7, 11) is 0. The first-order chi connectivity index (χ1) is 8.43. The molecule has 1 rings (SSSR count). The molecule has 0 aliphatic carbocycles. The molecular formula is C15H23NO2. The van der Waals surface area contributed by atoms with Crippen LogP contribution in [0.5, 0.6) is 0 Å². The maximum atomic E-state index is 12.0. The van der Waals surface area contributed by atoms with Gasteiger partial charge >= 0.3 is 0 Å². The quantitative estimate of drug-likeness (QED) is 0.840. The van der Waals surface area contributed by atoms with Crippen molar-refractivity contribution in [1.29, 1.82) is 0 Å². The number of carbonyl (C=O) groups excluding carboxylic acids is 1. The topological polar surface area (TPSA) is 49.3 Å². The molecule has 3 heteroatoms. The minimum atomic E-state index is -0.0465. The van der Waals surface area contributed by atoms with Crippen molar-refractivity contribution in [3.63, 3.8) is 0 Å². The second-order valence-corrected chi connectivity index (χ2v) is 5.66. The molecule has 18 heavy (non-hydrogen) atoms. The normalized spacial score (nSPS) is 13.1. The standard InChI is InChI=1S/C15H23NO2/c1-15(2,3)13(9-10-17)16-14(18)11-12-7-5-4-6-8-12/h4-8,13,17H,9-11H2,1-3H3,(H,16,18). The van der Waals surface area contributed by atoms with Gasteiger partial charge in [-0.15, -0.1) is 0 Å². The molecule has 0 radical (unpaired) electrons. The molecule has 1 unspecified atom stereocenters. The van der Waals surface area contributed by atoms with Crippen LogP contribution in [0, 0.1) is 5.41 Å². The Bertz CT molecular complexity index is 368. The lowest BCUT2D eigenvalue weighted by molar-refractivity contribution is -0.122. The second kappa shape index (κ2) is 6.55. The second-order valence-electron chi connectivity index (χ2n) is 5.66. The van der Waals surface area contributed by atoms with E-state index >= 15 is 0 Å². The van der Waals surface area contributed by atoms with Crippen LogP contribution in [0.4, 0.5) is 0 Å². The molecule has 0 saturated heterocycles. The van der Waals surface area contributed by atoms with Crippen molar-refractivity contribution in [1.82, 2.24) is 5.32 Å². The third-order valence-electron chi connectivity index (χ3n) is 3.01. The Labute approximate surface area is 109 Å². The molecule has 0 aromatic heterocycles. The van der Waals surface area contributed by atoms with E-state index in [1.165, 1.54) is 0 Å². The molecule has 1 aromatic carbocycles. The summed E-state index contributed by atoms with van der Waals surface area (Å²) >= 11 is 0. The van der Waals surface area contributed by atoms with E-state index in [0.717, 1.165) is 5.56 Å². The zero-order chi connectivity index (χ0) is 13.6. The van der Waals surface area contributed by atoms with Gasteiger partial charge in [-0.25, -0.2) is 0 Å². The van der Waals surface area contributed by atoms with Gasteiger partial charge in [0.1, 0.15) is 0 Å². The van der Waals surface area contributed by atoms with Gasteiger partial charge in [-0.2, -0.15) is 0 Å². The summed E-state index contributed by atoms with van der Waals surface area (Å²) in [6.45, 7) is 6.29. The highest BCUT2D eigenvalue weighted by Gasteiger charge is 2.25. The summed E-state index contributed by atoms with van der Waals surface area (Å²) in [5, 5.41) is 12.1. The zero-order valence-electron chi connectivity index (χ0n) is 11.4. The summed E-state index contributed by atoms with van der Waals surface area (Å²) in [4.78, 5) is 12.0. The largest absolute Gasteiger partial charge is 0.396 e. The van der Waals surface area contributed by atoms with Crippen LogP contribution in [0.2, 0.25) is 0 Å². The number of aliphatic hydroxyl groups excluding tert-OH is 1. The van der Waals surface area contributed by atoms with Gasteiger partial charge < -0.3 is 10.4 Å². The number of rotatable bonds is 5. The van der Waals surface area contributed by atoms with Crippen molar-refractivity contribution in [3.05, 3.63) is 35.9 Å². The number of amides is 1. The highest BCUT2D eigenvalue weighted by atomic mass is 16.3. The summed E-state index contributed by atoms with van der Waals surface area (Å²) in [5.74, 6) is 0.00887. The Hall–Kier alpha value is -1.35. The first-order valence-electron chi connectivity index (χ1n) is 6.37. The van der Waals surface area contributed by atoms with E-state index < -0.39 is 0 Å². The predicted molar refractivity (Wildman–Crippen MR) is 73.2 cm³/mol. The first kappa shape index (κ1) is 14.7. The van der Waals surface area contributed by atoms with Gasteiger partial charge in [0, 0.05) is 12.6 Å². The lowest BCUT2D eigenvalue weighted by atomic mass is 9.85. The number of hydrogen-bond acceptors (Lipinski definition) is 2. The third kappa shape index (κ3) is 4.88. The van der Waals surface area contributed by atoms with Gasteiger partial charge in [-0.3, -0.25) is 4.79 Å². The molecule has 0 aliphatic heterocycles. The minimum absolute atomic E-state index is 0.00119. The molecule has 3 nitrogen and oxygen atoms in total. The van der Waals surface area contributed by atoms with E-state index in [1.807, 2.05) is 30.3 Å². The highest BCUT2D eigenvalue weighted by molar-refractivity contribution is 5.78. The molecule has 1 amide bonds. The summed E-state index contributed by atoms with van der Waals surface area (Å²) in [6, 6.07) is 9.68. The molecule has 100 valence electrons. The van der Waals surface area contributed by atoms with Crippen molar-refractivity contribution in [3.8, 4) is 0 Å². The molecule has 0 saturated carbocycles. The van der Waals surface area contributed by atoms with Gasteiger partial charge in [0.2, 0.25) is 5.91 Å². The lowest BCUT2D eigenvalue weighted by Crippen LogP contribution is -2.44. The van der Waals surface area contributed by atoms with Crippen molar-refractivity contribution in [2.45, 2.75) is 39.7 Å². The fourth-order valence-corrected chi connectivity index (χ4v) is 1.88. The van der Waals surface area contributed by atoms with E-state index in [0.29, 0.717) is 12.8 Å². The predicted octanol–water partition coefficient (Wildman–Crippen LogP) is 2.14. The molecule has 0 fully saturated rings. The Kier molecular flexibility index (Phi) is 5.35. The summed E-state index contributed by atoms with van der Waals surface area (Å²) < 4.78 is 0. The van der Waals surface area contributed by atoms with Crippen molar-refractivity contribution in [2.75, 3.05) is 6.61 Å². The fourth-order valence-electron chi connectivity index (χ4n) is 1.88. The average molecular weight is 249 g/mol. The van der Waals surface area contributed by atoms with E-state index in [2.05, 4.69) is 26.1 Å². The van der Waals surface area contributed by atoms with Crippen LogP contribution < -0.4 is 5.32 Å². The average Bonchev–Trinajstić information content (AvgIpc) is 2.28. The van der Waals surface area contributed by atoms with E-state index in [1.54, 1.807) is 0 Å². The SMILES string of the molecule is CC(C)(C)C(CCO)NC(=O)Cc1ccccc1. The van der Waals surface area contributed by atoms with Crippen molar-refractivity contribution < 1.29 is 9.90 Å². The summed E-state index contributed by atoms with van der Waals surface area (Å²) in [6.07, 6.45) is 0.975. The number of nitrogens with one attached hydrogen (secondary N) is 1. The molecule has 0 bridgehead atoms. The van der Waals surface area contributed by atoms with Crippen molar-refractivity contribution in [2.24, 2.45) is 5.41 Å². The molecule has 0 spiro atoms. The lowest BCUT2D eigenvalue weighted by Gasteiger charge is -2.31. The number of hydrogen-bond donors (Lipinski definition) is 2. The number of aliphatic hydroxyl groups is 1. The Morgan fingerprint density at radius 2 is 1.89 bits per heavy atom. The fraction of sp³-hybridized carbons (Fsp3) is 0.533. The maximum Gasteiger partial charge on any atom is 0.224 e. The van der Waals surface area contributed by atoms with Gasteiger partial charge in [0.15, 0.2) is 0 Å². The molecule has 2 N–H and O–H groups in total. The Balaban J connectivity index is 2.57. The van der Waals surface area contributed by atoms with E-state index in [9.17, 15) is 4.79 Å². The van der Waals surface area contributed by atoms with Gasteiger partial charge in [0.25, 0.3) is 0 Å². The number of carbonyl (C=O) groups is 1. The van der Waals surface area contributed by atoms with Crippen LogP contribution in [0.25, 0.3) is 0 Å². The van der Waals surface area contributed by atoms with Crippen LogP contribution in [-0.2, 0) is 11.2 Å². The Morgan fingerprint density at radius 1 is 1.28 bits per heavy atom. The van der Waals surface area contributed by atoms with E-state index in [4.69, 9.17) is 5.11 Å².